The van der Waals surface area contributed by atoms with Crippen LogP contribution >= 0.6 is 7.60 Å². The van der Waals surface area contributed by atoms with E-state index in [4.69, 9.17) is 14.5 Å². The Balaban J connectivity index is 2.85. The SMILES string of the molecule is CCc1c(F)cccc1OCP(=O)(O)O. The van der Waals surface area contributed by atoms with Crippen LogP contribution in [0.5, 0.6) is 5.75 Å². The third-order valence-corrected chi connectivity index (χ3v) is 2.28. The first kappa shape index (κ1) is 12.2. The van der Waals surface area contributed by atoms with Gasteiger partial charge in [-0.15, -0.1) is 0 Å². The van der Waals surface area contributed by atoms with Gasteiger partial charge >= 0.3 is 7.60 Å². The molecule has 0 atom stereocenters. The van der Waals surface area contributed by atoms with Crippen LogP contribution in [0.15, 0.2) is 18.2 Å². The van der Waals surface area contributed by atoms with E-state index in [1.54, 1.807) is 6.92 Å². The first-order valence-corrected chi connectivity index (χ1v) is 6.18. The van der Waals surface area contributed by atoms with Gasteiger partial charge in [0.1, 0.15) is 11.6 Å². The van der Waals surface area contributed by atoms with Crippen molar-refractivity contribution in [3.05, 3.63) is 29.6 Å². The molecule has 1 aromatic carbocycles. The molecular formula is C9H12FO4P. The van der Waals surface area contributed by atoms with Crippen molar-refractivity contribution >= 4 is 7.60 Å². The summed E-state index contributed by atoms with van der Waals surface area (Å²) in [5, 5.41) is 0. The minimum Gasteiger partial charge on any atom is -0.481 e. The molecule has 0 aliphatic heterocycles. The van der Waals surface area contributed by atoms with Gasteiger partial charge in [0.15, 0.2) is 6.35 Å². The van der Waals surface area contributed by atoms with Gasteiger partial charge in [-0.25, -0.2) is 4.39 Å². The Morgan fingerprint density at radius 1 is 1.47 bits per heavy atom. The van der Waals surface area contributed by atoms with Crippen molar-refractivity contribution in [3.63, 3.8) is 0 Å². The highest BCUT2D eigenvalue weighted by Gasteiger charge is 2.15. The second-order valence-electron chi connectivity index (χ2n) is 3.01. The number of hydrogen-bond donors (Lipinski definition) is 2. The van der Waals surface area contributed by atoms with Gasteiger partial charge in [-0.3, -0.25) is 4.57 Å². The molecule has 1 rings (SSSR count). The number of halogens is 1. The van der Waals surface area contributed by atoms with E-state index >= 15 is 0 Å². The Morgan fingerprint density at radius 3 is 2.67 bits per heavy atom. The molecule has 0 saturated heterocycles. The molecule has 4 nitrogen and oxygen atoms in total. The highest BCUT2D eigenvalue weighted by molar-refractivity contribution is 7.51. The topological polar surface area (TPSA) is 66.8 Å². The Kier molecular flexibility index (Phi) is 3.85. The fourth-order valence-corrected chi connectivity index (χ4v) is 1.48. The lowest BCUT2D eigenvalue weighted by Gasteiger charge is -2.11. The lowest BCUT2D eigenvalue weighted by atomic mass is 10.1. The summed E-state index contributed by atoms with van der Waals surface area (Å²) in [5.41, 5.74) is 0.325. The monoisotopic (exact) mass is 234 g/mol. The van der Waals surface area contributed by atoms with Crippen LogP contribution in [0.1, 0.15) is 12.5 Å². The Labute approximate surface area is 86.9 Å². The summed E-state index contributed by atoms with van der Waals surface area (Å²) in [6.45, 7) is 1.74. The van der Waals surface area contributed by atoms with Crippen LogP contribution < -0.4 is 4.74 Å². The summed E-state index contributed by atoms with van der Waals surface area (Å²) in [7, 11) is -4.22. The van der Waals surface area contributed by atoms with E-state index in [9.17, 15) is 8.96 Å². The van der Waals surface area contributed by atoms with Crippen LogP contribution in [0.25, 0.3) is 0 Å². The van der Waals surface area contributed by atoms with E-state index in [1.165, 1.54) is 18.2 Å². The van der Waals surface area contributed by atoms with Crippen LogP contribution in [0.3, 0.4) is 0 Å². The average molecular weight is 234 g/mol. The van der Waals surface area contributed by atoms with E-state index in [0.717, 1.165) is 0 Å². The van der Waals surface area contributed by atoms with Crippen LogP contribution in [0.4, 0.5) is 4.39 Å². The molecule has 0 spiro atoms. The molecule has 0 heterocycles. The largest absolute Gasteiger partial charge is 0.481 e. The Morgan fingerprint density at radius 2 is 2.13 bits per heavy atom. The summed E-state index contributed by atoms with van der Waals surface area (Å²) in [6.07, 6.45) is -0.327. The highest BCUT2D eigenvalue weighted by Crippen LogP contribution is 2.35. The molecule has 0 aliphatic rings. The average Bonchev–Trinajstić information content (AvgIpc) is 2.13. The maximum atomic E-state index is 13.2. The molecule has 6 heteroatoms. The predicted octanol–water partition coefficient (Wildman–Crippen LogP) is 1.90. The van der Waals surface area contributed by atoms with E-state index in [0.29, 0.717) is 12.0 Å². The van der Waals surface area contributed by atoms with Crippen LogP contribution in [0, 0.1) is 5.82 Å². The van der Waals surface area contributed by atoms with Crippen molar-refractivity contribution in [2.24, 2.45) is 0 Å². The predicted molar refractivity (Wildman–Crippen MR) is 53.3 cm³/mol. The third-order valence-electron chi connectivity index (χ3n) is 1.82. The first-order chi connectivity index (χ1) is 6.94. The zero-order valence-electron chi connectivity index (χ0n) is 8.18. The fourth-order valence-electron chi connectivity index (χ4n) is 1.17. The highest BCUT2D eigenvalue weighted by atomic mass is 31.2. The second kappa shape index (κ2) is 4.75. The first-order valence-electron chi connectivity index (χ1n) is 4.39. The second-order valence-corrected chi connectivity index (χ2v) is 4.60. The maximum absolute atomic E-state index is 13.2. The van der Waals surface area contributed by atoms with Crippen molar-refractivity contribution in [1.29, 1.82) is 0 Å². The third kappa shape index (κ3) is 3.63. The van der Waals surface area contributed by atoms with Crippen molar-refractivity contribution in [2.45, 2.75) is 13.3 Å². The van der Waals surface area contributed by atoms with Gasteiger partial charge < -0.3 is 14.5 Å². The molecule has 0 aromatic heterocycles. The van der Waals surface area contributed by atoms with Gasteiger partial charge in [0.2, 0.25) is 0 Å². The van der Waals surface area contributed by atoms with Gasteiger partial charge in [0.05, 0.1) is 0 Å². The van der Waals surface area contributed by atoms with Crippen molar-refractivity contribution < 1.29 is 23.5 Å². The lowest BCUT2D eigenvalue weighted by Crippen LogP contribution is -2.01. The van der Waals surface area contributed by atoms with E-state index < -0.39 is 19.8 Å². The molecule has 0 saturated carbocycles. The molecule has 84 valence electrons. The maximum Gasteiger partial charge on any atom is 0.362 e. The van der Waals surface area contributed by atoms with Crippen molar-refractivity contribution in [2.75, 3.05) is 6.35 Å². The van der Waals surface area contributed by atoms with Gasteiger partial charge in [-0.2, -0.15) is 0 Å². The van der Waals surface area contributed by atoms with Crippen LogP contribution in [-0.2, 0) is 11.0 Å². The van der Waals surface area contributed by atoms with Gasteiger partial charge in [-0.1, -0.05) is 13.0 Å². The minimum absolute atomic E-state index is 0.181. The van der Waals surface area contributed by atoms with E-state index in [1.807, 2.05) is 0 Å². The molecule has 0 radical (unpaired) electrons. The number of rotatable bonds is 4. The summed E-state index contributed by atoms with van der Waals surface area (Å²) >= 11 is 0. The number of ether oxygens (including phenoxy) is 1. The zero-order chi connectivity index (χ0) is 11.5. The van der Waals surface area contributed by atoms with Crippen LogP contribution in [0.2, 0.25) is 0 Å². The van der Waals surface area contributed by atoms with Gasteiger partial charge in [-0.05, 0) is 18.6 Å². The summed E-state index contributed by atoms with van der Waals surface area (Å²) in [6, 6.07) is 4.20. The zero-order valence-corrected chi connectivity index (χ0v) is 9.08. The summed E-state index contributed by atoms with van der Waals surface area (Å²) in [4.78, 5) is 17.2. The Hall–Kier alpha value is -0.900. The smallest absolute Gasteiger partial charge is 0.362 e. The number of benzene rings is 1. The molecular weight excluding hydrogens is 222 g/mol. The van der Waals surface area contributed by atoms with Crippen molar-refractivity contribution in [1.82, 2.24) is 0 Å². The van der Waals surface area contributed by atoms with E-state index in [2.05, 4.69) is 0 Å². The molecule has 0 amide bonds. The summed E-state index contributed by atoms with van der Waals surface area (Å²) in [5.74, 6) is -0.249. The molecule has 2 N–H and O–H groups in total. The molecule has 1 aromatic rings. The van der Waals surface area contributed by atoms with Crippen LogP contribution in [-0.4, -0.2) is 16.1 Å². The number of hydrogen-bond acceptors (Lipinski definition) is 2. The Bertz CT molecular complexity index is 388. The lowest BCUT2D eigenvalue weighted by molar-refractivity contribution is 0.298. The van der Waals surface area contributed by atoms with E-state index in [-0.39, 0.29) is 5.75 Å². The minimum atomic E-state index is -4.22. The molecule has 0 unspecified atom stereocenters. The quantitative estimate of drug-likeness (QED) is 0.781. The molecule has 15 heavy (non-hydrogen) atoms. The fraction of sp³-hybridized carbons (Fsp3) is 0.333. The van der Waals surface area contributed by atoms with Gasteiger partial charge in [0.25, 0.3) is 0 Å². The standard InChI is InChI=1S/C9H12FO4P/c1-2-7-8(10)4-3-5-9(7)14-6-15(11,12)13/h3-5H,2,6H2,1H3,(H2,11,12,13). The summed E-state index contributed by atoms with van der Waals surface area (Å²) < 4.78 is 28.6. The van der Waals surface area contributed by atoms with Gasteiger partial charge in [0, 0.05) is 5.56 Å². The molecule has 0 fully saturated rings. The molecule has 0 aliphatic carbocycles. The molecule has 0 bridgehead atoms. The normalized spacial score (nSPS) is 11.5. The van der Waals surface area contributed by atoms with Crippen molar-refractivity contribution in [3.8, 4) is 5.75 Å².